The predicted octanol–water partition coefficient (Wildman–Crippen LogP) is 4.37. The topological polar surface area (TPSA) is 116 Å². The summed E-state index contributed by atoms with van der Waals surface area (Å²) >= 11 is 5.98. The Kier molecular flexibility index (Phi) is 7.06. The first-order chi connectivity index (χ1) is 18.4. The van der Waals surface area contributed by atoms with E-state index in [-0.39, 0.29) is 17.9 Å². The molecule has 2 N–H and O–H groups in total. The molecule has 196 valence electrons. The second-order valence-corrected chi connectivity index (χ2v) is 9.25. The Morgan fingerprint density at radius 3 is 2.50 bits per heavy atom. The summed E-state index contributed by atoms with van der Waals surface area (Å²) < 4.78 is 10.8. The van der Waals surface area contributed by atoms with E-state index in [1.165, 1.54) is 12.0 Å². The molecule has 0 saturated carbocycles. The molecule has 1 aliphatic heterocycles. The van der Waals surface area contributed by atoms with E-state index in [1.54, 1.807) is 38.5 Å². The molecule has 1 atom stereocenters. The van der Waals surface area contributed by atoms with Crippen LogP contribution in [0.4, 0.5) is 11.8 Å². The molecule has 0 bridgehead atoms. The SMILES string of the molecule is COc1ccc(-c2ccc3nc(N)nc(N4CC[C@@H](N(Oc5ccc(Cl)cc5)C(C)=O)C4)c3n2)cc1OC. The van der Waals surface area contributed by atoms with Gasteiger partial charge in [-0.15, -0.1) is 0 Å². The molecular formula is C27H27ClN6O4. The Balaban J connectivity index is 1.45. The van der Waals surface area contributed by atoms with E-state index < -0.39 is 0 Å². The van der Waals surface area contributed by atoms with Gasteiger partial charge in [0, 0.05) is 30.6 Å². The number of hydroxylamine groups is 2. The lowest BCUT2D eigenvalue weighted by Gasteiger charge is -2.27. The molecular weight excluding hydrogens is 508 g/mol. The van der Waals surface area contributed by atoms with E-state index in [9.17, 15) is 4.79 Å². The number of benzene rings is 2. The van der Waals surface area contributed by atoms with Crippen molar-refractivity contribution in [2.45, 2.75) is 19.4 Å². The van der Waals surface area contributed by atoms with Gasteiger partial charge in [0.2, 0.25) is 5.95 Å². The molecule has 1 aliphatic rings. The van der Waals surface area contributed by atoms with Crippen molar-refractivity contribution in [1.82, 2.24) is 20.0 Å². The van der Waals surface area contributed by atoms with Gasteiger partial charge in [0.15, 0.2) is 23.1 Å². The number of halogens is 1. The summed E-state index contributed by atoms with van der Waals surface area (Å²) in [5.74, 6) is 2.32. The van der Waals surface area contributed by atoms with Crippen LogP contribution in [0, 0.1) is 0 Å². The summed E-state index contributed by atoms with van der Waals surface area (Å²) in [6, 6.07) is 16.0. The number of nitrogens with zero attached hydrogens (tertiary/aromatic N) is 5. The van der Waals surface area contributed by atoms with Gasteiger partial charge in [0.05, 0.1) is 31.5 Å². The molecule has 0 unspecified atom stereocenters. The third-order valence-electron chi connectivity index (χ3n) is 6.34. The second kappa shape index (κ2) is 10.6. The first kappa shape index (κ1) is 25.3. The van der Waals surface area contributed by atoms with Gasteiger partial charge in [-0.25, -0.2) is 9.97 Å². The van der Waals surface area contributed by atoms with Crippen molar-refractivity contribution < 1.29 is 19.1 Å². The average Bonchev–Trinajstić information content (AvgIpc) is 3.41. The molecule has 38 heavy (non-hydrogen) atoms. The minimum atomic E-state index is -0.205. The van der Waals surface area contributed by atoms with Crippen LogP contribution in [0.5, 0.6) is 17.2 Å². The van der Waals surface area contributed by atoms with Crippen molar-refractivity contribution >= 4 is 40.3 Å². The lowest BCUT2D eigenvalue weighted by Crippen LogP contribution is -2.43. The summed E-state index contributed by atoms with van der Waals surface area (Å²) in [5, 5.41) is 1.99. The van der Waals surface area contributed by atoms with Gasteiger partial charge in [0.1, 0.15) is 5.52 Å². The van der Waals surface area contributed by atoms with Gasteiger partial charge in [-0.1, -0.05) is 11.6 Å². The lowest BCUT2D eigenvalue weighted by molar-refractivity contribution is -0.161. The number of hydrogen-bond donors (Lipinski definition) is 1. The maximum Gasteiger partial charge on any atom is 0.252 e. The zero-order valence-electron chi connectivity index (χ0n) is 21.2. The third-order valence-corrected chi connectivity index (χ3v) is 6.59. The molecule has 0 spiro atoms. The maximum absolute atomic E-state index is 12.5. The third kappa shape index (κ3) is 5.08. The van der Waals surface area contributed by atoms with E-state index in [0.717, 1.165) is 11.3 Å². The molecule has 1 amide bonds. The number of nitrogens with two attached hydrogens (primary N) is 1. The van der Waals surface area contributed by atoms with Crippen LogP contribution in [0.15, 0.2) is 54.6 Å². The van der Waals surface area contributed by atoms with E-state index in [4.69, 9.17) is 36.6 Å². The molecule has 10 nitrogen and oxygen atoms in total. The van der Waals surface area contributed by atoms with Crippen molar-refractivity contribution in [2.24, 2.45) is 0 Å². The standard InChI is InChI=1S/C27H27ClN6O4/c1-16(35)34(38-20-7-5-18(28)6-8-20)19-12-13-33(15-19)26-25-22(31-27(29)32-26)10-9-21(30-25)17-4-11-23(36-2)24(14-17)37-3/h4-11,14,19H,12-13,15H2,1-3H3,(H2,29,31,32)/t19-/m1/s1. The van der Waals surface area contributed by atoms with Crippen LogP contribution in [-0.2, 0) is 4.79 Å². The highest BCUT2D eigenvalue weighted by Crippen LogP contribution is 2.34. The highest BCUT2D eigenvalue weighted by molar-refractivity contribution is 6.30. The number of carbonyl (C=O) groups excluding carboxylic acids is 1. The van der Waals surface area contributed by atoms with Crippen LogP contribution in [0.3, 0.4) is 0 Å². The number of amides is 1. The van der Waals surface area contributed by atoms with E-state index in [1.807, 2.05) is 30.3 Å². The van der Waals surface area contributed by atoms with Crippen LogP contribution >= 0.6 is 11.6 Å². The summed E-state index contributed by atoms with van der Waals surface area (Å²) in [5.41, 5.74) is 8.87. The Hall–Kier alpha value is -4.31. The normalized spacial score (nSPS) is 14.9. The highest BCUT2D eigenvalue weighted by Gasteiger charge is 2.33. The number of fused-ring (bicyclic) bond motifs is 1. The first-order valence-corrected chi connectivity index (χ1v) is 12.4. The maximum atomic E-state index is 12.5. The molecule has 2 aromatic carbocycles. The van der Waals surface area contributed by atoms with Crippen molar-refractivity contribution in [3.63, 3.8) is 0 Å². The number of hydrogen-bond acceptors (Lipinski definition) is 9. The fourth-order valence-corrected chi connectivity index (χ4v) is 4.65. The van der Waals surface area contributed by atoms with E-state index in [0.29, 0.717) is 58.6 Å². The minimum Gasteiger partial charge on any atom is -0.493 e. The Morgan fingerprint density at radius 1 is 1.03 bits per heavy atom. The largest absolute Gasteiger partial charge is 0.493 e. The monoisotopic (exact) mass is 534 g/mol. The predicted molar refractivity (Wildman–Crippen MR) is 146 cm³/mol. The van der Waals surface area contributed by atoms with Gasteiger partial charge in [0.25, 0.3) is 5.91 Å². The van der Waals surface area contributed by atoms with Crippen LogP contribution < -0.4 is 24.9 Å². The highest BCUT2D eigenvalue weighted by atomic mass is 35.5. The number of pyridine rings is 1. The number of nitrogen functional groups attached to an aromatic ring is 1. The Labute approximate surface area is 224 Å². The fourth-order valence-electron chi connectivity index (χ4n) is 4.52. The van der Waals surface area contributed by atoms with Gasteiger partial charge >= 0.3 is 0 Å². The lowest BCUT2D eigenvalue weighted by atomic mass is 10.1. The van der Waals surface area contributed by atoms with Crippen molar-refractivity contribution in [2.75, 3.05) is 37.9 Å². The van der Waals surface area contributed by atoms with Gasteiger partial charge in [-0.05, 0) is 61.0 Å². The minimum absolute atomic E-state index is 0.150. The summed E-state index contributed by atoms with van der Waals surface area (Å²) in [4.78, 5) is 34.3. The average molecular weight is 535 g/mol. The van der Waals surface area contributed by atoms with Gasteiger partial charge < -0.3 is 24.9 Å². The number of methoxy groups -OCH3 is 2. The smallest absolute Gasteiger partial charge is 0.252 e. The molecule has 0 aliphatic carbocycles. The molecule has 0 radical (unpaired) electrons. The number of anilines is 2. The quantitative estimate of drug-likeness (QED) is 0.345. The molecule has 1 fully saturated rings. The fraction of sp³-hybridized carbons (Fsp3) is 0.259. The molecule has 4 aromatic rings. The van der Waals surface area contributed by atoms with Crippen LogP contribution in [-0.4, -0.2) is 59.3 Å². The van der Waals surface area contributed by atoms with Crippen LogP contribution in [0.25, 0.3) is 22.3 Å². The molecule has 1 saturated heterocycles. The number of aromatic nitrogens is 3. The summed E-state index contributed by atoms with van der Waals surface area (Å²) in [6.45, 7) is 2.60. The Morgan fingerprint density at radius 2 is 1.79 bits per heavy atom. The summed E-state index contributed by atoms with van der Waals surface area (Å²) in [7, 11) is 3.19. The van der Waals surface area contributed by atoms with Gasteiger partial charge in [-0.3, -0.25) is 4.79 Å². The van der Waals surface area contributed by atoms with Crippen LogP contribution in [0.2, 0.25) is 5.02 Å². The molecule has 11 heteroatoms. The number of ether oxygens (including phenoxy) is 2. The van der Waals surface area contributed by atoms with Crippen LogP contribution in [0.1, 0.15) is 13.3 Å². The molecule has 2 aromatic heterocycles. The Bertz CT molecular complexity index is 1480. The zero-order valence-corrected chi connectivity index (χ0v) is 22.0. The number of carbonyl (C=O) groups is 1. The number of rotatable bonds is 7. The molecule has 3 heterocycles. The second-order valence-electron chi connectivity index (χ2n) is 8.82. The molecule has 5 rings (SSSR count). The first-order valence-electron chi connectivity index (χ1n) is 12.0. The van der Waals surface area contributed by atoms with Gasteiger partial charge in [-0.2, -0.15) is 10.0 Å². The summed E-state index contributed by atoms with van der Waals surface area (Å²) in [6.07, 6.45) is 0.675. The van der Waals surface area contributed by atoms with E-state index in [2.05, 4.69) is 14.9 Å². The van der Waals surface area contributed by atoms with Crippen molar-refractivity contribution in [3.05, 3.63) is 59.6 Å². The zero-order chi connectivity index (χ0) is 26.8. The van der Waals surface area contributed by atoms with Crippen molar-refractivity contribution in [1.29, 1.82) is 0 Å². The van der Waals surface area contributed by atoms with E-state index >= 15 is 0 Å². The van der Waals surface area contributed by atoms with Crippen molar-refractivity contribution in [3.8, 4) is 28.5 Å².